The van der Waals surface area contributed by atoms with E-state index < -0.39 is 0 Å². The van der Waals surface area contributed by atoms with Gasteiger partial charge in [0.1, 0.15) is 4.34 Å². The number of nitrogens with zero attached hydrogens (tertiary/aromatic N) is 1. The SMILES string of the molecule is Clc1sccc1N1CCCNCC1. The normalized spacial score (nSPS) is 18.7. The van der Waals surface area contributed by atoms with Crippen LogP contribution in [0, 0.1) is 0 Å². The summed E-state index contributed by atoms with van der Waals surface area (Å²) in [6.07, 6.45) is 1.20. The second kappa shape index (κ2) is 4.31. The molecule has 2 nitrogen and oxygen atoms in total. The van der Waals surface area contributed by atoms with Gasteiger partial charge in [-0.3, -0.25) is 0 Å². The van der Waals surface area contributed by atoms with Crippen molar-refractivity contribution in [3.05, 3.63) is 15.8 Å². The smallest absolute Gasteiger partial charge is 0.116 e. The molecule has 0 spiro atoms. The van der Waals surface area contributed by atoms with E-state index in [0.29, 0.717) is 0 Å². The lowest BCUT2D eigenvalue weighted by molar-refractivity contribution is 0.724. The van der Waals surface area contributed by atoms with E-state index in [1.165, 1.54) is 12.1 Å². The quantitative estimate of drug-likeness (QED) is 0.775. The van der Waals surface area contributed by atoms with Crippen LogP contribution in [0.5, 0.6) is 0 Å². The van der Waals surface area contributed by atoms with Gasteiger partial charge in [-0.15, -0.1) is 11.3 Å². The maximum Gasteiger partial charge on any atom is 0.116 e. The van der Waals surface area contributed by atoms with Gasteiger partial charge in [0.25, 0.3) is 0 Å². The molecule has 2 heterocycles. The van der Waals surface area contributed by atoms with E-state index in [0.717, 1.165) is 30.5 Å². The second-order valence-corrected chi connectivity index (χ2v) is 4.69. The zero-order valence-corrected chi connectivity index (χ0v) is 9.00. The molecule has 0 radical (unpaired) electrons. The van der Waals surface area contributed by atoms with Crippen LogP contribution in [-0.4, -0.2) is 26.2 Å². The van der Waals surface area contributed by atoms with Crippen LogP contribution in [-0.2, 0) is 0 Å². The first kappa shape index (κ1) is 9.31. The van der Waals surface area contributed by atoms with E-state index in [1.54, 1.807) is 11.3 Å². The van der Waals surface area contributed by atoms with Gasteiger partial charge < -0.3 is 10.2 Å². The molecule has 1 aliphatic heterocycles. The number of halogens is 1. The third-order valence-corrected chi connectivity index (χ3v) is 3.43. The summed E-state index contributed by atoms with van der Waals surface area (Å²) in [4.78, 5) is 2.36. The molecule has 1 saturated heterocycles. The van der Waals surface area contributed by atoms with Gasteiger partial charge in [0.05, 0.1) is 5.69 Å². The van der Waals surface area contributed by atoms with Crippen LogP contribution < -0.4 is 10.2 Å². The van der Waals surface area contributed by atoms with E-state index in [-0.39, 0.29) is 0 Å². The highest BCUT2D eigenvalue weighted by Crippen LogP contribution is 2.31. The molecule has 1 aromatic rings. The monoisotopic (exact) mass is 216 g/mol. The molecule has 0 aliphatic carbocycles. The van der Waals surface area contributed by atoms with Crippen molar-refractivity contribution in [1.82, 2.24) is 5.32 Å². The molecular weight excluding hydrogens is 204 g/mol. The van der Waals surface area contributed by atoms with Crippen LogP contribution >= 0.6 is 22.9 Å². The lowest BCUT2D eigenvalue weighted by atomic mass is 10.3. The third kappa shape index (κ3) is 2.16. The summed E-state index contributed by atoms with van der Waals surface area (Å²) in [7, 11) is 0. The maximum absolute atomic E-state index is 6.08. The fourth-order valence-electron chi connectivity index (χ4n) is 1.60. The van der Waals surface area contributed by atoms with Gasteiger partial charge in [0, 0.05) is 19.6 Å². The number of hydrogen-bond acceptors (Lipinski definition) is 3. The molecule has 0 atom stereocenters. The van der Waals surface area contributed by atoms with E-state index in [9.17, 15) is 0 Å². The van der Waals surface area contributed by atoms with Crippen molar-refractivity contribution in [2.45, 2.75) is 6.42 Å². The van der Waals surface area contributed by atoms with Crippen LogP contribution in [0.15, 0.2) is 11.4 Å². The highest BCUT2D eigenvalue weighted by molar-refractivity contribution is 7.15. The molecule has 72 valence electrons. The molecule has 1 N–H and O–H groups in total. The fraction of sp³-hybridized carbons (Fsp3) is 0.556. The fourth-order valence-corrected chi connectivity index (χ4v) is 2.57. The average molecular weight is 217 g/mol. The van der Waals surface area contributed by atoms with Gasteiger partial charge >= 0.3 is 0 Å². The molecule has 1 aromatic heterocycles. The highest BCUT2D eigenvalue weighted by Gasteiger charge is 2.12. The van der Waals surface area contributed by atoms with E-state index in [4.69, 9.17) is 11.6 Å². The summed E-state index contributed by atoms with van der Waals surface area (Å²) in [5.41, 5.74) is 1.20. The Morgan fingerprint density at radius 2 is 2.31 bits per heavy atom. The van der Waals surface area contributed by atoms with Gasteiger partial charge in [-0.2, -0.15) is 0 Å². The van der Waals surface area contributed by atoms with Crippen molar-refractivity contribution < 1.29 is 0 Å². The van der Waals surface area contributed by atoms with Crippen LogP contribution in [0.3, 0.4) is 0 Å². The first-order valence-electron chi connectivity index (χ1n) is 4.56. The molecule has 0 amide bonds. The zero-order valence-electron chi connectivity index (χ0n) is 7.42. The molecule has 0 saturated carbocycles. The Bertz CT molecular complexity index is 266. The van der Waals surface area contributed by atoms with Gasteiger partial charge in [-0.05, 0) is 24.4 Å². The van der Waals surface area contributed by atoms with E-state index in [1.807, 2.05) is 0 Å². The minimum absolute atomic E-state index is 0.918. The molecule has 0 unspecified atom stereocenters. The second-order valence-electron chi connectivity index (χ2n) is 3.17. The largest absolute Gasteiger partial charge is 0.368 e. The van der Waals surface area contributed by atoms with Crippen LogP contribution in [0.1, 0.15) is 6.42 Å². The predicted molar refractivity (Wildman–Crippen MR) is 59.0 cm³/mol. The first-order chi connectivity index (χ1) is 6.38. The Labute approximate surface area is 87.5 Å². The summed E-state index contributed by atoms with van der Waals surface area (Å²) in [6.45, 7) is 4.37. The number of hydrogen-bond donors (Lipinski definition) is 1. The minimum Gasteiger partial charge on any atom is -0.368 e. The zero-order chi connectivity index (χ0) is 9.10. The Morgan fingerprint density at radius 1 is 1.38 bits per heavy atom. The maximum atomic E-state index is 6.08. The Kier molecular flexibility index (Phi) is 3.09. The van der Waals surface area contributed by atoms with Crippen molar-refractivity contribution in [1.29, 1.82) is 0 Å². The van der Waals surface area contributed by atoms with Crippen LogP contribution in [0.2, 0.25) is 4.34 Å². The Morgan fingerprint density at radius 3 is 3.08 bits per heavy atom. The molecule has 13 heavy (non-hydrogen) atoms. The average Bonchev–Trinajstić information content (AvgIpc) is 2.43. The third-order valence-electron chi connectivity index (χ3n) is 2.28. The van der Waals surface area contributed by atoms with Gasteiger partial charge in [0.15, 0.2) is 0 Å². The summed E-state index contributed by atoms with van der Waals surface area (Å²) in [5.74, 6) is 0. The molecule has 0 bridgehead atoms. The van der Waals surface area contributed by atoms with E-state index in [2.05, 4.69) is 21.7 Å². The van der Waals surface area contributed by atoms with Gasteiger partial charge in [-0.1, -0.05) is 11.6 Å². The number of nitrogens with one attached hydrogen (secondary N) is 1. The standard InChI is InChI=1S/C9H13ClN2S/c10-9-8(2-7-13-9)12-5-1-3-11-4-6-12/h2,7,11H,1,3-6H2. The van der Waals surface area contributed by atoms with Crippen LogP contribution in [0.4, 0.5) is 5.69 Å². The van der Waals surface area contributed by atoms with Crippen molar-refractivity contribution >= 4 is 28.6 Å². The Hall–Kier alpha value is -0.250. The van der Waals surface area contributed by atoms with Crippen molar-refractivity contribution in [2.24, 2.45) is 0 Å². The molecular formula is C9H13ClN2S. The first-order valence-corrected chi connectivity index (χ1v) is 5.82. The summed E-state index contributed by atoms with van der Waals surface area (Å²) in [6, 6.07) is 2.11. The number of rotatable bonds is 1. The van der Waals surface area contributed by atoms with Crippen molar-refractivity contribution in [3.63, 3.8) is 0 Å². The van der Waals surface area contributed by atoms with Crippen molar-refractivity contribution in [2.75, 3.05) is 31.1 Å². The van der Waals surface area contributed by atoms with Crippen LogP contribution in [0.25, 0.3) is 0 Å². The molecule has 0 aromatic carbocycles. The molecule has 1 aliphatic rings. The number of anilines is 1. The summed E-state index contributed by atoms with van der Waals surface area (Å²) >= 11 is 7.69. The highest BCUT2D eigenvalue weighted by atomic mass is 35.5. The predicted octanol–water partition coefficient (Wildman–Crippen LogP) is 2.20. The summed E-state index contributed by atoms with van der Waals surface area (Å²) in [5, 5.41) is 5.43. The lowest BCUT2D eigenvalue weighted by Gasteiger charge is -2.20. The Balaban J connectivity index is 2.10. The van der Waals surface area contributed by atoms with E-state index >= 15 is 0 Å². The molecule has 2 rings (SSSR count). The molecule has 4 heteroatoms. The van der Waals surface area contributed by atoms with Gasteiger partial charge in [-0.25, -0.2) is 0 Å². The van der Waals surface area contributed by atoms with Crippen molar-refractivity contribution in [3.8, 4) is 0 Å². The number of thiophene rings is 1. The lowest BCUT2D eigenvalue weighted by Crippen LogP contribution is -2.27. The topological polar surface area (TPSA) is 15.3 Å². The molecule has 1 fully saturated rings. The van der Waals surface area contributed by atoms with Gasteiger partial charge in [0.2, 0.25) is 0 Å². The minimum atomic E-state index is 0.918. The summed E-state index contributed by atoms with van der Waals surface area (Å²) < 4.78 is 0.918.